The van der Waals surface area contributed by atoms with Gasteiger partial charge in [-0.2, -0.15) is 0 Å². The number of rotatable bonds is 5. The zero-order valence-electron chi connectivity index (χ0n) is 11.6. The molecule has 0 aromatic heterocycles. The second-order valence-electron chi connectivity index (χ2n) is 4.78. The third-order valence-electron chi connectivity index (χ3n) is 3.12. The molecular weight excluding hydrogens is 291 g/mol. The van der Waals surface area contributed by atoms with Gasteiger partial charge in [0.15, 0.2) is 0 Å². The molecule has 112 valence electrons. The lowest BCUT2D eigenvalue weighted by Gasteiger charge is -2.09. The minimum atomic E-state index is -3.69. The Bertz CT molecular complexity index is 708. The Labute approximate surface area is 123 Å². The number of hydrogen-bond acceptors (Lipinski definition) is 3. The van der Waals surface area contributed by atoms with Gasteiger partial charge < -0.3 is 5.73 Å². The maximum Gasteiger partial charge on any atom is 0.240 e. The summed E-state index contributed by atoms with van der Waals surface area (Å²) in [6, 6.07) is 12.0. The van der Waals surface area contributed by atoms with Crippen molar-refractivity contribution in [2.45, 2.75) is 18.2 Å². The van der Waals surface area contributed by atoms with Crippen molar-refractivity contribution in [3.05, 3.63) is 59.4 Å². The summed E-state index contributed by atoms with van der Waals surface area (Å²) in [5.74, 6) is -0.585. The van der Waals surface area contributed by atoms with Gasteiger partial charge in [-0.05, 0) is 36.6 Å². The number of aryl methyl sites for hydroxylation is 1. The first kappa shape index (κ1) is 15.5. The molecule has 4 nitrogen and oxygen atoms in total. The van der Waals surface area contributed by atoms with E-state index in [-0.39, 0.29) is 22.7 Å². The first-order chi connectivity index (χ1) is 9.90. The number of sulfonamides is 1. The van der Waals surface area contributed by atoms with Gasteiger partial charge in [-0.1, -0.05) is 30.3 Å². The Morgan fingerprint density at radius 3 is 2.48 bits per heavy atom. The molecular formula is C15H17FN2O2S. The Kier molecular flexibility index (Phi) is 4.59. The van der Waals surface area contributed by atoms with E-state index in [0.29, 0.717) is 6.42 Å². The molecule has 2 aromatic rings. The molecule has 6 heteroatoms. The quantitative estimate of drug-likeness (QED) is 0.832. The predicted molar refractivity (Wildman–Crippen MR) is 80.9 cm³/mol. The van der Waals surface area contributed by atoms with Crippen molar-refractivity contribution in [1.29, 1.82) is 0 Å². The maximum atomic E-state index is 13.4. The summed E-state index contributed by atoms with van der Waals surface area (Å²) in [5.41, 5.74) is 6.55. The van der Waals surface area contributed by atoms with E-state index in [1.807, 2.05) is 30.3 Å². The van der Waals surface area contributed by atoms with Crippen molar-refractivity contribution in [2.24, 2.45) is 0 Å². The smallest absolute Gasteiger partial charge is 0.240 e. The predicted octanol–water partition coefficient (Wildman–Crippen LogP) is 2.24. The van der Waals surface area contributed by atoms with Crippen molar-refractivity contribution in [1.82, 2.24) is 4.72 Å². The molecule has 21 heavy (non-hydrogen) atoms. The molecule has 0 spiro atoms. The molecule has 0 bridgehead atoms. The number of nitrogens with two attached hydrogens (primary N) is 1. The number of nitrogen functional groups attached to an aromatic ring is 1. The summed E-state index contributed by atoms with van der Waals surface area (Å²) in [4.78, 5) is -0.0213. The van der Waals surface area contributed by atoms with E-state index >= 15 is 0 Å². The molecule has 0 saturated heterocycles. The zero-order chi connectivity index (χ0) is 15.5. The van der Waals surface area contributed by atoms with E-state index in [0.717, 1.165) is 11.6 Å². The van der Waals surface area contributed by atoms with E-state index in [4.69, 9.17) is 5.73 Å². The molecule has 3 N–H and O–H groups in total. The van der Waals surface area contributed by atoms with Gasteiger partial charge in [0.05, 0.1) is 10.6 Å². The highest BCUT2D eigenvalue weighted by Gasteiger charge is 2.16. The SMILES string of the molecule is Cc1cc(S(=O)(=O)NCCc2ccccc2)cc(N)c1F. The molecule has 0 saturated carbocycles. The molecule has 0 radical (unpaired) electrons. The second kappa shape index (κ2) is 6.24. The maximum absolute atomic E-state index is 13.4. The minimum Gasteiger partial charge on any atom is -0.396 e. The third kappa shape index (κ3) is 3.80. The van der Waals surface area contributed by atoms with Crippen LogP contribution in [0, 0.1) is 12.7 Å². The molecule has 0 unspecified atom stereocenters. The Balaban J connectivity index is 2.09. The summed E-state index contributed by atoms with van der Waals surface area (Å²) in [6.45, 7) is 1.75. The molecule has 0 aliphatic rings. The molecule has 0 heterocycles. The van der Waals surface area contributed by atoms with Gasteiger partial charge in [-0.25, -0.2) is 17.5 Å². The lowest BCUT2D eigenvalue weighted by Crippen LogP contribution is -2.26. The normalized spacial score (nSPS) is 11.5. The van der Waals surface area contributed by atoms with Crippen LogP contribution in [0.15, 0.2) is 47.4 Å². The number of anilines is 1. The highest BCUT2D eigenvalue weighted by atomic mass is 32.2. The van der Waals surface area contributed by atoms with E-state index in [9.17, 15) is 12.8 Å². The summed E-state index contributed by atoms with van der Waals surface area (Å²) in [7, 11) is -3.69. The molecule has 2 rings (SSSR count). The average molecular weight is 308 g/mol. The fourth-order valence-corrected chi connectivity index (χ4v) is 3.13. The molecule has 0 aliphatic carbocycles. The van der Waals surface area contributed by atoms with Gasteiger partial charge in [0.2, 0.25) is 10.0 Å². The Morgan fingerprint density at radius 2 is 1.86 bits per heavy atom. The van der Waals surface area contributed by atoms with E-state index in [2.05, 4.69) is 4.72 Å². The highest BCUT2D eigenvalue weighted by molar-refractivity contribution is 7.89. The lowest BCUT2D eigenvalue weighted by atomic mass is 10.2. The van der Waals surface area contributed by atoms with Crippen molar-refractivity contribution in [3.8, 4) is 0 Å². The molecule has 0 aliphatic heterocycles. The number of hydrogen-bond donors (Lipinski definition) is 2. The van der Waals surface area contributed by atoms with Crippen molar-refractivity contribution in [2.75, 3.05) is 12.3 Å². The van der Waals surface area contributed by atoms with Crippen molar-refractivity contribution in [3.63, 3.8) is 0 Å². The van der Waals surface area contributed by atoms with Crippen LogP contribution in [-0.4, -0.2) is 15.0 Å². The van der Waals surface area contributed by atoms with Gasteiger partial charge in [0.25, 0.3) is 0 Å². The van der Waals surface area contributed by atoms with Crippen molar-refractivity contribution < 1.29 is 12.8 Å². The standard InChI is InChI=1S/C15H17FN2O2S/c1-11-9-13(10-14(17)15(11)16)21(19,20)18-8-7-12-5-3-2-4-6-12/h2-6,9-10,18H,7-8,17H2,1H3. The van der Waals surface area contributed by atoms with Crippen LogP contribution in [0.3, 0.4) is 0 Å². The first-order valence-corrected chi connectivity index (χ1v) is 7.97. The van der Waals surface area contributed by atoms with Crippen LogP contribution in [-0.2, 0) is 16.4 Å². The largest absolute Gasteiger partial charge is 0.396 e. The molecule has 2 aromatic carbocycles. The first-order valence-electron chi connectivity index (χ1n) is 6.49. The van der Waals surface area contributed by atoms with Gasteiger partial charge in [-0.15, -0.1) is 0 Å². The Hall–Kier alpha value is -1.92. The fourth-order valence-electron chi connectivity index (χ4n) is 1.98. The minimum absolute atomic E-state index is 0.0213. The highest BCUT2D eigenvalue weighted by Crippen LogP contribution is 2.20. The molecule has 0 fully saturated rings. The topological polar surface area (TPSA) is 72.2 Å². The fraction of sp³-hybridized carbons (Fsp3) is 0.200. The van der Waals surface area contributed by atoms with Gasteiger partial charge in [-0.3, -0.25) is 0 Å². The summed E-state index contributed by atoms with van der Waals surface area (Å²) < 4.78 is 40.2. The van der Waals surface area contributed by atoms with Gasteiger partial charge in [0, 0.05) is 6.54 Å². The van der Waals surface area contributed by atoms with Crippen LogP contribution >= 0.6 is 0 Å². The van der Waals surface area contributed by atoms with Gasteiger partial charge >= 0.3 is 0 Å². The van der Waals surface area contributed by atoms with E-state index in [1.54, 1.807) is 0 Å². The average Bonchev–Trinajstić information content (AvgIpc) is 2.45. The number of nitrogens with one attached hydrogen (secondary N) is 1. The van der Waals surface area contributed by atoms with Crippen molar-refractivity contribution >= 4 is 15.7 Å². The zero-order valence-corrected chi connectivity index (χ0v) is 12.5. The lowest BCUT2D eigenvalue weighted by molar-refractivity contribution is 0.580. The molecule has 0 atom stereocenters. The Morgan fingerprint density at radius 1 is 1.19 bits per heavy atom. The number of benzene rings is 2. The summed E-state index contributed by atoms with van der Waals surface area (Å²) in [6.07, 6.45) is 0.579. The third-order valence-corrected chi connectivity index (χ3v) is 4.56. The van der Waals surface area contributed by atoms with Gasteiger partial charge in [0.1, 0.15) is 5.82 Å². The van der Waals surface area contributed by atoms with Crippen LogP contribution in [0.2, 0.25) is 0 Å². The van der Waals surface area contributed by atoms with E-state index < -0.39 is 15.8 Å². The van der Waals surface area contributed by atoms with Crippen LogP contribution < -0.4 is 10.5 Å². The second-order valence-corrected chi connectivity index (χ2v) is 6.54. The van der Waals surface area contributed by atoms with Crippen LogP contribution in [0.4, 0.5) is 10.1 Å². The van der Waals surface area contributed by atoms with Crippen LogP contribution in [0.25, 0.3) is 0 Å². The van der Waals surface area contributed by atoms with Crippen LogP contribution in [0.5, 0.6) is 0 Å². The van der Waals surface area contributed by atoms with Crippen LogP contribution in [0.1, 0.15) is 11.1 Å². The number of halogens is 1. The molecule has 0 amide bonds. The monoisotopic (exact) mass is 308 g/mol. The van der Waals surface area contributed by atoms with E-state index in [1.165, 1.54) is 13.0 Å². The summed E-state index contributed by atoms with van der Waals surface area (Å²) >= 11 is 0. The summed E-state index contributed by atoms with van der Waals surface area (Å²) in [5, 5.41) is 0.